The molecule has 1 aliphatic carbocycles. The van der Waals surface area contributed by atoms with Crippen LogP contribution in [-0.4, -0.2) is 15.0 Å². The van der Waals surface area contributed by atoms with Crippen LogP contribution in [0.5, 0.6) is 0 Å². The Labute approximate surface area is 345 Å². The molecular formula is C54H35N3OS. The number of benzene rings is 8. The standard InChI is InChI=1S/C54H35N3OS/c1-54(2)44-22-8-6-17-37(44)42-30-34(25-27-45(42)54)35-26-28-46-43(31-35)49-40(20-12-23-47(49)58-46)52-55-51(36-16-10-15-33(29-36)32-13-4-3-5-14-32)56-53(57-52)41-21-11-19-39-38-18-7-9-24-48(38)59-50(39)41/h3-31H,1-2H3. The van der Waals surface area contributed by atoms with E-state index in [-0.39, 0.29) is 5.41 Å². The van der Waals surface area contributed by atoms with E-state index in [4.69, 9.17) is 19.4 Å². The lowest BCUT2D eigenvalue weighted by Gasteiger charge is -2.21. The highest BCUT2D eigenvalue weighted by atomic mass is 32.1. The molecule has 12 rings (SSSR count). The fourth-order valence-corrected chi connectivity index (χ4v) is 10.4. The van der Waals surface area contributed by atoms with Gasteiger partial charge >= 0.3 is 0 Å². The van der Waals surface area contributed by atoms with Gasteiger partial charge < -0.3 is 4.42 Å². The van der Waals surface area contributed by atoms with Crippen LogP contribution in [0.3, 0.4) is 0 Å². The van der Waals surface area contributed by atoms with E-state index in [2.05, 4.69) is 172 Å². The summed E-state index contributed by atoms with van der Waals surface area (Å²) < 4.78 is 8.97. The minimum atomic E-state index is -0.0440. The second-order valence-corrected chi connectivity index (χ2v) is 17.0. The highest BCUT2D eigenvalue weighted by Crippen LogP contribution is 2.50. The van der Waals surface area contributed by atoms with Crippen LogP contribution in [0, 0.1) is 0 Å². The molecule has 0 N–H and O–H groups in total. The third-order valence-electron chi connectivity index (χ3n) is 12.2. The van der Waals surface area contributed by atoms with Crippen molar-refractivity contribution in [3.63, 3.8) is 0 Å². The molecule has 4 nitrogen and oxygen atoms in total. The van der Waals surface area contributed by atoms with Gasteiger partial charge in [-0.2, -0.15) is 0 Å². The molecule has 0 spiro atoms. The number of thiophene rings is 1. The lowest BCUT2D eigenvalue weighted by Crippen LogP contribution is -2.14. The third kappa shape index (κ3) is 5.32. The predicted molar refractivity (Wildman–Crippen MR) is 245 cm³/mol. The second kappa shape index (κ2) is 12.9. The maximum absolute atomic E-state index is 6.57. The average Bonchev–Trinajstić information content (AvgIpc) is 3.94. The molecule has 3 aromatic heterocycles. The summed E-state index contributed by atoms with van der Waals surface area (Å²) in [5.41, 5.74) is 14.3. The molecule has 0 bridgehead atoms. The summed E-state index contributed by atoms with van der Waals surface area (Å²) in [5.74, 6) is 1.86. The number of aromatic nitrogens is 3. The smallest absolute Gasteiger partial charge is 0.165 e. The zero-order valence-corrected chi connectivity index (χ0v) is 33.2. The van der Waals surface area contributed by atoms with Gasteiger partial charge in [0.05, 0.1) is 0 Å². The van der Waals surface area contributed by atoms with E-state index in [9.17, 15) is 0 Å². The van der Waals surface area contributed by atoms with Gasteiger partial charge in [0.1, 0.15) is 11.2 Å². The van der Waals surface area contributed by atoms with Crippen molar-refractivity contribution in [2.45, 2.75) is 19.3 Å². The normalized spacial score (nSPS) is 13.1. The van der Waals surface area contributed by atoms with Gasteiger partial charge in [-0.15, -0.1) is 11.3 Å². The number of rotatable bonds is 5. The Hall–Kier alpha value is -7.21. The average molecular weight is 774 g/mol. The van der Waals surface area contributed by atoms with Crippen molar-refractivity contribution < 1.29 is 4.42 Å². The lowest BCUT2D eigenvalue weighted by atomic mass is 9.82. The van der Waals surface area contributed by atoms with Gasteiger partial charge in [0.2, 0.25) is 0 Å². The van der Waals surface area contributed by atoms with Crippen LogP contribution < -0.4 is 0 Å². The van der Waals surface area contributed by atoms with Gasteiger partial charge in [-0.1, -0.05) is 147 Å². The Morgan fingerprint density at radius 3 is 1.95 bits per heavy atom. The number of nitrogens with zero attached hydrogens (tertiary/aromatic N) is 3. The SMILES string of the molecule is CC1(C)c2ccccc2-c2cc(-c3ccc4oc5cccc(-c6nc(-c7cccc(-c8ccccc8)c7)nc(-c7cccc8c7sc7ccccc78)n6)c5c4c3)ccc21. The van der Waals surface area contributed by atoms with E-state index in [0.29, 0.717) is 17.5 Å². The number of fused-ring (bicyclic) bond motifs is 9. The van der Waals surface area contributed by atoms with Crippen molar-refractivity contribution in [3.8, 4) is 67.5 Å². The van der Waals surface area contributed by atoms with Crippen molar-refractivity contribution in [1.82, 2.24) is 15.0 Å². The zero-order chi connectivity index (χ0) is 39.2. The van der Waals surface area contributed by atoms with E-state index >= 15 is 0 Å². The van der Waals surface area contributed by atoms with Gasteiger partial charge in [0, 0.05) is 53.1 Å². The summed E-state index contributed by atoms with van der Waals surface area (Å²) in [4.78, 5) is 15.9. The Morgan fingerprint density at radius 1 is 0.407 bits per heavy atom. The van der Waals surface area contributed by atoms with Crippen LogP contribution in [0.2, 0.25) is 0 Å². The Bertz CT molecular complexity index is 3490. The first-order chi connectivity index (χ1) is 29.0. The van der Waals surface area contributed by atoms with Gasteiger partial charge in [-0.3, -0.25) is 0 Å². The zero-order valence-electron chi connectivity index (χ0n) is 32.4. The molecule has 3 heterocycles. The van der Waals surface area contributed by atoms with Crippen LogP contribution in [-0.2, 0) is 5.41 Å². The van der Waals surface area contributed by atoms with E-state index < -0.39 is 0 Å². The molecule has 0 atom stereocenters. The maximum Gasteiger partial charge on any atom is 0.165 e. The third-order valence-corrected chi connectivity index (χ3v) is 13.4. The lowest BCUT2D eigenvalue weighted by molar-refractivity contribution is 0.660. The molecule has 0 saturated heterocycles. The highest BCUT2D eigenvalue weighted by molar-refractivity contribution is 7.26. The van der Waals surface area contributed by atoms with Crippen molar-refractivity contribution in [2.75, 3.05) is 0 Å². The molecule has 1 aliphatic rings. The maximum atomic E-state index is 6.57. The molecule has 0 saturated carbocycles. The summed E-state index contributed by atoms with van der Waals surface area (Å²) in [6.07, 6.45) is 0. The van der Waals surface area contributed by atoms with E-state index in [1.165, 1.54) is 43.3 Å². The number of furan rings is 1. The van der Waals surface area contributed by atoms with Crippen molar-refractivity contribution in [3.05, 3.63) is 187 Å². The van der Waals surface area contributed by atoms with Crippen LogP contribution in [0.1, 0.15) is 25.0 Å². The van der Waals surface area contributed by atoms with Gasteiger partial charge in [0.25, 0.3) is 0 Å². The van der Waals surface area contributed by atoms with Crippen molar-refractivity contribution in [1.29, 1.82) is 0 Å². The quantitative estimate of drug-likeness (QED) is 0.175. The molecule has 59 heavy (non-hydrogen) atoms. The predicted octanol–water partition coefficient (Wildman–Crippen LogP) is 14.8. The highest BCUT2D eigenvalue weighted by Gasteiger charge is 2.35. The fourth-order valence-electron chi connectivity index (χ4n) is 9.23. The molecule has 8 aromatic carbocycles. The topological polar surface area (TPSA) is 51.8 Å². The molecule has 278 valence electrons. The summed E-state index contributed by atoms with van der Waals surface area (Å²) in [5, 5.41) is 4.45. The monoisotopic (exact) mass is 773 g/mol. The second-order valence-electron chi connectivity index (χ2n) is 16.0. The van der Waals surface area contributed by atoms with Crippen molar-refractivity contribution >= 4 is 53.4 Å². The Kier molecular flexibility index (Phi) is 7.41. The molecule has 0 radical (unpaired) electrons. The molecule has 5 heteroatoms. The van der Waals surface area contributed by atoms with Crippen LogP contribution in [0.25, 0.3) is 110 Å². The van der Waals surface area contributed by atoms with E-state index in [1.807, 2.05) is 18.2 Å². The molecule has 0 fully saturated rings. The molecule has 0 amide bonds. The van der Waals surface area contributed by atoms with Crippen LogP contribution >= 0.6 is 11.3 Å². The van der Waals surface area contributed by atoms with E-state index in [1.54, 1.807) is 11.3 Å². The van der Waals surface area contributed by atoms with Gasteiger partial charge in [-0.25, -0.2) is 15.0 Å². The van der Waals surface area contributed by atoms with Crippen LogP contribution in [0.4, 0.5) is 0 Å². The minimum Gasteiger partial charge on any atom is -0.456 e. The first-order valence-electron chi connectivity index (χ1n) is 20.0. The number of hydrogen-bond acceptors (Lipinski definition) is 5. The van der Waals surface area contributed by atoms with Crippen molar-refractivity contribution in [2.24, 2.45) is 0 Å². The largest absolute Gasteiger partial charge is 0.456 e. The molecule has 11 aromatic rings. The number of hydrogen-bond donors (Lipinski definition) is 0. The molecule has 0 unspecified atom stereocenters. The van der Waals surface area contributed by atoms with Gasteiger partial charge in [-0.05, 0) is 87.0 Å². The summed E-state index contributed by atoms with van der Waals surface area (Å²) in [6.45, 7) is 4.65. The summed E-state index contributed by atoms with van der Waals surface area (Å²) in [6, 6.07) is 62.4. The molecule has 0 aliphatic heterocycles. The van der Waals surface area contributed by atoms with Crippen LogP contribution in [0.15, 0.2) is 180 Å². The van der Waals surface area contributed by atoms with E-state index in [0.717, 1.165) is 60.0 Å². The Balaban J connectivity index is 1.06. The first kappa shape index (κ1) is 33.9. The summed E-state index contributed by atoms with van der Waals surface area (Å²) >= 11 is 1.78. The summed E-state index contributed by atoms with van der Waals surface area (Å²) in [7, 11) is 0. The Morgan fingerprint density at radius 2 is 1.03 bits per heavy atom. The van der Waals surface area contributed by atoms with Gasteiger partial charge in [0.15, 0.2) is 17.5 Å². The minimum absolute atomic E-state index is 0.0440. The first-order valence-corrected chi connectivity index (χ1v) is 20.8. The molecular weight excluding hydrogens is 739 g/mol. The fraction of sp³-hybridized carbons (Fsp3) is 0.0556.